The van der Waals surface area contributed by atoms with Crippen molar-refractivity contribution in [2.24, 2.45) is 0 Å². The number of hydrogen-bond donors (Lipinski definition) is 1. The second-order valence-electron chi connectivity index (χ2n) is 5.41. The Morgan fingerprint density at radius 3 is 2.16 bits per heavy atom. The average molecular weight is 363 g/mol. The molecule has 0 fully saturated rings. The first-order valence-electron chi connectivity index (χ1n) is 7.97. The predicted octanol–water partition coefficient (Wildman–Crippen LogP) is 4.10. The molecule has 0 amide bonds. The summed E-state index contributed by atoms with van der Waals surface area (Å²) in [5.41, 5.74) is 1.04. The third-order valence-corrected chi connectivity index (χ3v) is 4.81. The summed E-state index contributed by atoms with van der Waals surface area (Å²) < 4.78 is 29.2. The summed E-state index contributed by atoms with van der Waals surface area (Å²) in [6, 6.07) is 14.8. The van der Waals surface area contributed by atoms with Gasteiger partial charge < -0.3 is 13.8 Å². The highest BCUT2D eigenvalue weighted by atomic mass is 31.2. The number of carbonyl (C=O) groups excluding carboxylic acids is 1. The number of hydrogen-bond acceptors (Lipinski definition) is 5. The Kier molecular flexibility index (Phi) is 6.62. The molecule has 1 N–H and O–H groups in total. The second-order valence-corrected chi connectivity index (χ2v) is 7.03. The van der Waals surface area contributed by atoms with Crippen molar-refractivity contribution < 1.29 is 23.1 Å². The number of benzene rings is 2. The van der Waals surface area contributed by atoms with Gasteiger partial charge in [0, 0.05) is 0 Å². The van der Waals surface area contributed by atoms with Crippen LogP contribution in [0.4, 0.5) is 0 Å². The van der Waals surface area contributed by atoms with Gasteiger partial charge in [0.15, 0.2) is 0 Å². The molecular formula is C18H22NO5P. The molecule has 0 heterocycles. The normalized spacial score (nSPS) is 14.2. The molecule has 7 heteroatoms. The second kappa shape index (κ2) is 8.70. The molecule has 0 aliphatic carbocycles. The molecule has 0 radical (unpaired) electrons. The van der Waals surface area contributed by atoms with Crippen molar-refractivity contribution in [3.63, 3.8) is 0 Å². The fraction of sp³-hybridized carbons (Fsp3) is 0.278. The van der Waals surface area contributed by atoms with Crippen LogP contribution in [-0.4, -0.2) is 18.6 Å². The third-order valence-electron chi connectivity index (χ3n) is 3.21. The molecular weight excluding hydrogens is 341 g/mol. The number of para-hydroxylation sites is 1. The van der Waals surface area contributed by atoms with Crippen LogP contribution in [0.3, 0.4) is 0 Å². The summed E-state index contributed by atoms with van der Waals surface area (Å²) in [6.07, 6.45) is 0. The number of aryl methyl sites for hydroxylation is 1. The summed E-state index contributed by atoms with van der Waals surface area (Å²) in [4.78, 5) is 11.9. The van der Waals surface area contributed by atoms with E-state index in [0.717, 1.165) is 5.56 Å². The van der Waals surface area contributed by atoms with E-state index in [1.54, 1.807) is 43.3 Å². The Hall–Kier alpha value is -2.30. The van der Waals surface area contributed by atoms with Gasteiger partial charge in [0.25, 0.3) is 0 Å². The molecule has 0 spiro atoms. The van der Waals surface area contributed by atoms with Crippen LogP contribution in [0.15, 0.2) is 54.6 Å². The van der Waals surface area contributed by atoms with Gasteiger partial charge in [-0.25, -0.2) is 4.57 Å². The molecule has 0 aliphatic heterocycles. The van der Waals surface area contributed by atoms with Crippen LogP contribution in [-0.2, 0) is 14.1 Å². The molecule has 2 rings (SSSR count). The first-order valence-corrected chi connectivity index (χ1v) is 9.51. The lowest BCUT2D eigenvalue weighted by Gasteiger charge is -2.23. The van der Waals surface area contributed by atoms with Crippen molar-refractivity contribution in [3.8, 4) is 11.5 Å². The van der Waals surface area contributed by atoms with E-state index in [1.165, 1.54) is 6.92 Å². The minimum Gasteiger partial charge on any atom is -0.465 e. The largest absolute Gasteiger partial charge is 0.513 e. The zero-order valence-electron chi connectivity index (χ0n) is 14.5. The highest BCUT2D eigenvalue weighted by Crippen LogP contribution is 2.45. The van der Waals surface area contributed by atoms with Crippen LogP contribution in [0.25, 0.3) is 0 Å². The van der Waals surface area contributed by atoms with Crippen LogP contribution in [0.1, 0.15) is 19.4 Å². The standard InChI is InChI=1S/C18H22NO5P/c1-4-22-18(20)15(3)19-25(21,23-16-8-6-5-7-9-16)24-17-12-10-14(2)11-13-17/h5-13,15H,4H2,1-3H3,(H,19,21)/t15-,25-/m0/s1. The molecule has 0 unspecified atom stereocenters. The summed E-state index contributed by atoms with van der Waals surface area (Å²) in [7, 11) is -3.86. The lowest BCUT2D eigenvalue weighted by molar-refractivity contribution is -0.144. The molecule has 0 saturated carbocycles. The van der Waals surface area contributed by atoms with Crippen LogP contribution >= 0.6 is 7.75 Å². The molecule has 25 heavy (non-hydrogen) atoms. The Labute approximate surface area is 147 Å². The fourth-order valence-corrected chi connectivity index (χ4v) is 3.51. The minimum absolute atomic E-state index is 0.230. The van der Waals surface area contributed by atoms with Crippen LogP contribution in [0.2, 0.25) is 0 Å². The molecule has 2 aromatic carbocycles. The van der Waals surface area contributed by atoms with Crippen LogP contribution in [0.5, 0.6) is 11.5 Å². The van der Waals surface area contributed by atoms with Crippen molar-refractivity contribution in [2.75, 3.05) is 6.61 Å². The maximum atomic E-state index is 13.2. The lowest BCUT2D eigenvalue weighted by Crippen LogP contribution is -2.35. The number of nitrogens with one attached hydrogen (secondary N) is 1. The van der Waals surface area contributed by atoms with Crippen molar-refractivity contribution >= 4 is 13.7 Å². The van der Waals surface area contributed by atoms with E-state index < -0.39 is 19.8 Å². The highest BCUT2D eigenvalue weighted by Gasteiger charge is 2.33. The van der Waals surface area contributed by atoms with Crippen LogP contribution in [0, 0.1) is 6.92 Å². The highest BCUT2D eigenvalue weighted by molar-refractivity contribution is 7.52. The van der Waals surface area contributed by atoms with Gasteiger partial charge in [-0.05, 0) is 45.0 Å². The minimum atomic E-state index is -3.86. The fourth-order valence-electron chi connectivity index (χ4n) is 1.99. The van der Waals surface area contributed by atoms with E-state index in [0.29, 0.717) is 11.5 Å². The Morgan fingerprint density at radius 2 is 1.60 bits per heavy atom. The van der Waals surface area contributed by atoms with Gasteiger partial charge in [-0.2, -0.15) is 5.09 Å². The Morgan fingerprint density at radius 1 is 1.04 bits per heavy atom. The smallest absolute Gasteiger partial charge is 0.465 e. The quantitative estimate of drug-likeness (QED) is 0.562. The molecule has 0 aliphatic rings. The number of ether oxygens (including phenoxy) is 1. The molecule has 134 valence electrons. The maximum Gasteiger partial charge on any atom is 0.513 e. The Bertz CT molecular complexity index is 733. The van der Waals surface area contributed by atoms with E-state index >= 15 is 0 Å². The van der Waals surface area contributed by atoms with E-state index in [2.05, 4.69) is 5.09 Å². The molecule has 0 saturated heterocycles. The monoisotopic (exact) mass is 363 g/mol. The number of carbonyl (C=O) groups is 1. The van der Waals surface area contributed by atoms with Crippen molar-refractivity contribution in [1.29, 1.82) is 0 Å². The summed E-state index contributed by atoms with van der Waals surface area (Å²) >= 11 is 0. The van der Waals surface area contributed by atoms with E-state index in [9.17, 15) is 9.36 Å². The Balaban J connectivity index is 2.21. The van der Waals surface area contributed by atoms with Crippen LogP contribution < -0.4 is 14.1 Å². The van der Waals surface area contributed by atoms with Gasteiger partial charge in [0.05, 0.1) is 6.61 Å². The van der Waals surface area contributed by atoms with Gasteiger partial charge in [0.1, 0.15) is 17.5 Å². The lowest BCUT2D eigenvalue weighted by atomic mass is 10.2. The molecule has 6 nitrogen and oxygen atoms in total. The molecule has 2 atom stereocenters. The number of esters is 1. The van der Waals surface area contributed by atoms with Gasteiger partial charge in [0.2, 0.25) is 0 Å². The van der Waals surface area contributed by atoms with E-state index in [-0.39, 0.29) is 6.61 Å². The topological polar surface area (TPSA) is 73.9 Å². The SMILES string of the molecule is CCOC(=O)[C@H](C)N[P@](=O)(Oc1ccccc1)Oc1ccc(C)cc1. The average Bonchev–Trinajstić information content (AvgIpc) is 2.58. The maximum absolute atomic E-state index is 13.2. The van der Waals surface area contributed by atoms with Gasteiger partial charge >= 0.3 is 13.7 Å². The van der Waals surface area contributed by atoms with Gasteiger partial charge in [-0.15, -0.1) is 0 Å². The summed E-state index contributed by atoms with van der Waals surface area (Å²) in [5.74, 6) is 0.196. The molecule has 0 bridgehead atoms. The van der Waals surface area contributed by atoms with E-state index in [4.69, 9.17) is 13.8 Å². The van der Waals surface area contributed by atoms with Crippen molar-refractivity contribution in [2.45, 2.75) is 26.8 Å². The van der Waals surface area contributed by atoms with Gasteiger partial charge in [-0.1, -0.05) is 35.9 Å². The van der Waals surface area contributed by atoms with E-state index in [1.807, 2.05) is 25.1 Å². The molecule has 0 aromatic heterocycles. The predicted molar refractivity (Wildman–Crippen MR) is 95.7 cm³/mol. The first kappa shape index (κ1) is 19.0. The zero-order chi connectivity index (χ0) is 18.3. The first-order chi connectivity index (χ1) is 11.9. The van der Waals surface area contributed by atoms with Gasteiger partial charge in [-0.3, -0.25) is 4.79 Å². The van der Waals surface area contributed by atoms with Crippen molar-refractivity contribution in [3.05, 3.63) is 60.2 Å². The summed E-state index contributed by atoms with van der Waals surface area (Å²) in [6.45, 7) is 5.41. The summed E-state index contributed by atoms with van der Waals surface area (Å²) in [5, 5.41) is 2.63. The number of rotatable bonds is 8. The zero-order valence-corrected chi connectivity index (χ0v) is 15.4. The van der Waals surface area contributed by atoms with Crippen molar-refractivity contribution in [1.82, 2.24) is 5.09 Å². The third kappa shape index (κ3) is 5.93. The molecule has 2 aromatic rings.